The second-order valence-electron chi connectivity index (χ2n) is 9.55. The smallest absolute Gasteiger partial charge is 0.167 e. The maximum Gasteiger partial charge on any atom is 0.167 e. The van der Waals surface area contributed by atoms with Gasteiger partial charge in [-0.05, 0) is 66.1 Å². The van der Waals surface area contributed by atoms with Crippen molar-refractivity contribution in [3.8, 4) is 11.1 Å². The highest BCUT2D eigenvalue weighted by Gasteiger charge is 2.37. The first kappa shape index (κ1) is 24.0. The lowest BCUT2D eigenvalue weighted by molar-refractivity contribution is -0.237. The second kappa shape index (κ2) is 10.0. The third-order valence-corrected chi connectivity index (χ3v) is 7.64. The lowest BCUT2D eigenvalue weighted by atomic mass is 9.80. The Morgan fingerprint density at radius 3 is 2.24 bits per heavy atom. The Labute approximate surface area is 201 Å². The average Bonchev–Trinajstić information content (AvgIpc) is 2.81. The molecule has 4 nitrogen and oxygen atoms in total. The summed E-state index contributed by atoms with van der Waals surface area (Å²) in [5, 5.41) is 11.6. The van der Waals surface area contributed by atoms with Crippen molar-refractivity contribution >= 4 is 23.0 Å². The van der Waals surface area contributed by atoms with Crippen LogP contribution in [0, 0.1) is 18.3 Å². The molecule has 1 fully saturated rings. The molecule has 1 aliphatic carbocycles. The Morgan fingerprint density at radius 1 is 1.00 bits per heavy atom. The van der Waals surface area contributed by atoms with Gasteiger partial charge in [-0.15, -0.1) is 0 Å². The molecule has 5 heteroatoms. The summed E-state index contributed by atoms with van der Waals surface area (Å²) in [4.78, 5) is 13.2. The molecule has 1 unspecified atom stereocenters. The summed E-state index contributed by atoms with van der Waals surface area (Å²) in [6.45, 7) is 7.69. The van der Waals surface area contributed by atoms with Crippen molar-refractivity contribution < 1.29 is 19.4 Å². The summed E-state index contributed by atoms with van der Waals surface area (Å²) in [5.41, 5.74) is 4.31. The Hall–Kier alpha value is -2.14. The van der Waals surface area contributed by atoms with Crippen molar-refractivity contribution in [1.82, 2.24) is 0 Å². The molecule has 0 saturated carbocycles. The summed E-state index contributed by atoms with van der Waals surface area (Å²) in [5.74, 6) is 0.161. The summed E-state index contributed by atoms with van der Waals surface area (Å²) in [6.07, 6.45) is 3.22. The van der Waals surface area contributed by atoms with Gasteiger partial charge in [-0.25, -0.2) is 0 Å². The van der Waals surface area contributed by atoms with Crippen molar-refractivity contribution in [2.45, 2.75) is 59.2 Å². The number of rotatable bonds is 6. The molecule has 0 bridgehead atoms. The zero-order valence-electron chi connectivity index (χ0n) is 19.7. The Balaban J connectivity index is 1.50. The minimum Gasteiger partial charge on any atom is -0.512 e. The highest BCUT2D eigenvalue weighted by Crippen LogP contribution is 2.39. The summed E-state index contributed by atoms with van der Waals surface area (Å²) < 4.78 is 12.0. The van der Waals surface area contributed by atoms with Gasteiger partial charge in [-0.1, -0.05) is 49.7 Å². The summed E-state index contributed by atoms with van der Waals surface area (Å²) in [6, 6.07) is 13.6. The molecule has 0 amide bonds. The lowest BCUT2D eigenvalue weighted by Gasteiger charge is -2.40. The third-order valence-electron chi connectivity index (χ3n) is 7.38. The van der Waals surface area contributed by atoms with Crippen molar-refractivity contribution in [1.29, 1.82) is 0 Å². The second-order valence-corrected chi connectivity index (χ2v) is 9.99. The number of ketones is 1. The van der Waals surface area contributed by atoms with Crippen LogP contribution in [0.2, 0.25) is 5.02 Å². The van der Waals surface area contributed by atoms with Gasteiger partial charge < -0.3 is 14.6 Å². The number of aliphatic hydroxyl groups is 1. The van der Waals surface area contributed by atoms with Crippen molar-refractivity contribution in [3.63, 3.8) is 0 Å². The largest absolute Gasteiger partial charge is 0.512 e. The maximum absolute atomic E-state index is 13.2. The van der Waals surface area contributed by atoms with Crippen LogP contribution in [0.5, 0.6) is 0 Å². The predicted octanol–water partition coefficient (Wildman–Crippen LogP) is 7.13. The fourth-order valence-corrected chi connectivity index (χ4v) is 4.98. The van der Waals surface area contributed by atoms with Crippen LogP contribution in [0.3, 0.4) is 0 Å². The number of hydrogen-bond donors (Lipinski definition) is 1. The molecule has 176 valence electrons. The zero-order valence-corrected chi connectivity index (χ0v) is 20.5. The lowest BCUT2D eigenvalue weighted by Crippen LogP contribution is -2.42. The van der Waals surface area contributed by atoms with E-state index in [0.717, 1.165) is 35.1 Å². The van der Waals surface area contributed by atoms with E-state index in [0.29, 0.717) is 43.1 Å². The zero-order chi connectivity index (χ0) is 23.6. The molecule has 1 heterocycles. The molecule has 1 saturated heterocycles. The van der Waals surface area contributed by atoms with E-state index in [1.54, 1.807) is 0 Å². The maximum atomic E-state index is 13.2. The summed E-state index contributed by atoms with van der Waals surface area (Å²) >= 11 is 6.02. The van der Waals surface area contributed by atoms with Gasteiger partial charge in [0.2, 0.25) is 0 Å². The van der Waals surface area contributed by atoms with Gasteiger partial charge in [0.1, 0.15) is 5.76 Å². The first-order valence-electron chi connectivity index (χ1n) is 11.9. The van der Waals surface area contributed by atoms with Gasteiger partial charge in [0.05, 0.1) is 18.8 Å². The molecule has 1 aliphatic heterocycles. The number of aliphatic hydroxyl groups excluding tert-OH is 1. The number of carbonyl (C=O) groups is 1. The number of halogens is 1. The van der Waals surface area contributed by atoms with Crippen LogP contribution in [0.15, 0.2) is 48.2 Å². The number of allylic oxidation sites excluding steroid dienone is 2. The number of aryl methyl sites for hydroxylation is 1. The molecule has 0 aromatic heterocycles. The molecule has 2 aromatic rings. The minimum absolute atomic E-state index is 0.0155. The van der Waals surface area contributed by atoms with Gasteiger partial charge >= 0.3 is 0 Å². The van der Waals surface area contributed by atoms with Gasteiger partial charge in [-0.2, -0.15) is 0 Å². The van der Waals surface area contributed by atoms with E-state index >= 15 is 0 Å². The number of benzene rings is 2. The van der Waals surface area contributed by atoms with E-state index in [2.05, 4.69) is 13.8 Å². The van der Waals surface area contributed by atoms with Crippen molar-refractivity contribution in [3.05, 3.63) is 64.4 Å². The Kier molecular flexibility index (Phi) is 7.28. The number of carbonyl (C=O) groups excluding carboxylic acids is 1. The molecular weight excluding hydrogens is 436 g/mol. The van der Waals surface area contributed by atoms with Crippen molar-refractivity contribution in [2.75, 3.05) is 13.2 Å². The normalized spacial score (nSPS) is 21.5. The van der Waals surface area contributed by atoms with Crippen LogP contribution in [0.25, 0.3) is 16.7 Å². The standard InChI is InChI=1S/C28H33ClO4/c1-4-28(5-2)16-32-26(33-17-28)14-19-12-24(30)27(25(31)13-19)23-15-21(7-6-18(23)3)20-8-10-22(29)11-9-20/h6-11,15,19,26,30H,4-5,12-14,16-17H2,1-3H3. The van der Waals surface area contributed by atoms with Gasteiger partial charge in [0.25, 0.3) is 0 Å². The van der Waals surface area contributed by atoms with Gasteiger partial charge in [-0.3, -0.25) is 4.79 Å². The molecule has 2 aliphatic rings. The molecule has 1 atom stereocenters. The monoisotopic (exact) mass is 468 g/mol. The first-order chi connectivity index (χ1) is 15.8. The molecule has 33 heavy (non-hydrogen) atoms. The van der Waals surface area contributed by atoms with Crippen LogP contribution in [-0.4, -0.2) is 30.4 Å². The average molecular weight is 469 g/mol. The van der Waals surface area contributed by atoms with E-state index in [1.807, 2.05) is 49.4 Å². The SMILES string of the molecule is CCC1(CC)COC(CC2CC(=O)C(c3cc(-c4ccc(Cl)cc4)ccc3C)=C(O)C2)OC1. The van der Waals surface area contributed by atoms with E-state index in [4.69, 9.17) is 21.1 Å². The minimum atomic E-state index is -0.307. The number of Topliss-reactive ketones (excluding diaryl/α,β-unsaturated/α-hetero) is 1. The molecule has 2 aromatic carbocycles. The topological polar surface area (TPSA) is 55.8 Å². The van der Waals surface area contributed by atoms with E-state index < -0.39 is 0 Å². The first-order valence-corrected chi connectivity index (χ1v) is 12.3. The van der Waals surface area contributed by atoms with Crippen molar-refractivity contribution in [2.24, 2.45) is 11.3 Å². The highest BCUT2D eigenvalue weighted by molar-refractivity contribution is 6.30. The van der Waals surface area contributed by atoms with Crippen LogP contribution in [0.1, 0.15) is 57.1 Å². The van der Waals surface area contributed by atoms with Crippen LogP contribution in [0.4, 0.5) is 0 Å². The molecule has 0 radical (unpaired) electrons. The third kappa shape index (κ3) is 5.18. The highest BCUT2D eigenvalue weighted by atomic mass is 35.5. The number of hydrogen-bond acceptors (Lipinski definition) is 4. The Bertz CT molecular complexity index is 1030. The van der Waals surface area contributed by atoms with Crippen LogP contribution >= 0.6 is 11.6 Å². The Morgan fingerprint density at radius 2 is 1.64 bits per heavy atom. The predicted molar refractivity (Wildman–Crippen MR) is 132 cm³/mol. The molecular formula is C28H33ClO4. The van der Waals surface area contributed by atoms with E-state index in [1.165, 1.54) is 0 Å². The number of ether oxygens (including phenoxy) is 2. The summed E-state index contributed by atoms with van der Waals surface area (Å²) in [7, 11) is 0. The molecule has 1 N–H and O–H groups in total. The molecule has 0 spiro atoms. The van der Waals surface area contributed by atoms with Crippen LogP contribution in [-0.2, 0) is 14.3 Å². The van der Waals surface area contributed by atoms with Gasteiger partial charge in [0, 0.05) is 29.7 Å². The quantitative estimate of drug-likeness (QED) is 0.489. The van der Waals surface area contributed by atoms with Gasteiger partial charge in [0.15, 0.2) is 12.1 Å². The fraction of sp³-hybridized carbons (Fsp3) is 0.464. The fourth-order valence-electron chi connectivity index (χ4n) is 4.85. The van der Waals surface area contributed by atoms with E-state index in [9.17, 15) is 9.90 Å². The van der Waals surface area contributed by atoms with E-state index in [-0.39, 0.29) is 29.2 Å². The molecule has 4 rings (SSSR count). The van der Waals surface area contributed by atoms with Crippen LogP contribution < -0.4 is 0 Å².